The molecule has 0 saturated carbocycles. The Hall–Kier alpha value is -1.95. The molecule has 1 amide bonds. The molecule has 0 aliphatic rings. The summed E-state index contributed by atoms with van der Waals surface area (Å²) in [4.78, 5) is 12.4. The van der Waals surface area contributed by atoms with E-state index in [0.29, 0.717) is 29.4 Å². The van der Waals surface area contributed by atoms with Gasteiger partial charge in [-0.3, -0.25) is 4.79 Å². The molecule has 0 aromatic heterocycles. The number of carbonyl (C=O) groups excluding carboxylic acids is 1. The van der Waals surface area contributed by atoms with Crippen LogP contribution in [0.1, 0.15) is 37.0 Å². The van der Waals surface area contributed by atoms with Gasteiger partial charge in [-0.25, -0.2) is 0 Å². The van der Waals surface area contributed by atoms with E-state index in [2.05, 4.69) is 5.32 Å². The van der Waals surface area contributed by atoms with E-state index in [9.17, 15) is 9.90 Å². The lowest BCUT2D eigenvalue weighted by molar-refractivity contribution is 0.0850. The average molecular weight is 325 g/mol. The molecule has 1 aromatic rings. The van der Waals surface area contributed by atoms with Crippen LogP contribution in [-0.2, 0) is 0 Å². The number of carbonyl (C=O) groups is 1. The van der Waals surface area contributed by atoms with Gasteiger partial charge in [0.25, 0.3) is 5.91 Å². The second-order valence-electron chi connectivity index (χ2n) is 5.46. The molecule has 0 saturated heterocycles. The predicted octanol–water partition coefficient (Wildman–Crippen LogP) is 2.24. The second kappa shape index (κ2) is 8.62. The number of hydrogen-bond donors (Lipinski definition) is 2. The number of aliphatic hydroxyl groups excluding tert-OH is 1. The fourth-order valence-electron chi connectivity index (χ4n) is 2.36. The first-order chi connectivity index (χ1) is 11.0. The zero-order valence-corrected chi connectivity index (χ0v) is 14.6. The molecule has 0 fully saturated rings. The molecule has 1 aromatic carbocycles. The monoisotopic (exact) mass is 325 g/mol. The first kappa shape index (κ1) is 19.1. The molecule has 6 nitrogen and oxygen atoms in total. The number of ether oxygens (including phenoxy) is 3. The number of rotatable bonds is 9. The van der Waals surface area contributed by atoms with Crippen LogP contribution in [0, 0.1) is 5.41 Å². The Balaban J connectivity index is 3.00. The Labute approximate surface area is 137 Å². The van der Waals surface area contributed by atoms with Gasteiger partial charge in [0.15, 0.2) is 11.5 Å². The number of benzene rings is 1. The summed E-state index contributed by atoms with van der Waals surface area (Å²) in [5.74, 6) is 1.05. The van der Waals surface area contributed by atoms with Gasteiger partial charge in [0.1, 0.15) is 0 Å². The second-order valence-corrected chi connectivity index (χ2v) is 5.46. The van der Waals surface area contributed by atoms with Crippen LogP contribution in [0.3, 0.4) is 0 Å². The summed E-state index contributed by atoms with van der Waals surface area (Å²) >= 11 is 0. The van der Waals surface area contributed by atoms with Crippen LogP contribution in [0.25, 0.3) is 0 Å². The van der Waals surface area contributed by atoms with Gasteiger partial charge in [0.05, 0.1) is 27.9 Å². The fraction of sp³-hybridized carbons (Fsp3) is 0.588. The minimum Gasteiger partial charge on any atom is -0.493 e. The molecule has 2 N–H and O–H groups in total. The minimum absolute atomic E-state index is 0.0372. The Morgan fingerprint density at radius 3 is 1.96 bits per heavy atom. The predicted molar refractivity (Wildman–Crippen MR) is 88.5 cm³/mol. The average Bonchev–Trinajstić information content (AvgIpc) is 2.61. The SMILES string of the molecule is CCC(CC)(CO)CNC(=O)c1cc(OC)c(OC)c(OC)c1. The van der Waals surface area contributed by atoms with Crippen molar-refractivity contribution in [2.24, 2.45) is 5.41 Å². The molecule has 0 heterocycles. The summed E-state index contributed by atoms with van der Waals surface area (Å²) in [6.45, 7) is 4.46. The van der Waals surface area contributed by atoms with Crippen LogP contribution in [0.15, 0.2) is 12.1 Å². The summed E-state index contributed by atoms with van der Waals surface area (Å²) in [5, 5.41) is 12.5. The zero-order chi connectivity index (χ0) is 17.5. The lowest BCUT2D eigenvalue weighted by Crippen LogP contribution is -2.39. The van der Waals surface area contributed by atoms with E-state index in [1.807, 2.05) is 13.8 Å². The van der Waals surface area contributed by atoms with Gasteiger partial charge < -0.3 is 24.6 Å². The lowest BCUT2D eigenvalue weighted by Gasteiger charge is -2.29. The maximum absolute atomic E-state index is 12.4. The van der Waals surface area contributed by atoms with Crippen molar-refractivity contribution in [2.75, 3.05) is 34.5 Å². The standard InChI is InChI=1S/C17H27NO5/c1-6-17(7-2,11-19)10-18-16(20)12-8-13(21-3)15(23-5)14(9-12)22-4/h8-9,19H,6-7,10-11H2,1-5H3,(H,18,20). The molecule has 1 rings (SSSR count). The van der Waals surface area contributed by atoms with E-state index in [-0.39, 0.29) is 17.9 Å². The maximum atomic E-state index is 12.4. The molecule has 23 heavy (non-hydrogen) atoms. The third kappa shape index (κ3) is 4.28. The zero-order valence-electron chi connectivity index (χ0n) is 14.6. The third-order valence-electron chi connectivity index (χ3n) is 4.39. The number of nitrogens with one attached hydrogen (secondary N) is 1. The smallest absolute Gasteiger partial charge is 0.251 e. The molecular weight excluding hydrogens is 298 g/mol. The number of hydrogen-bond acceptors (Lipinski definition) is 5. The summed E-state index contributed by atoms with van der Waals surface area (Å²) in [7, 11) is 4.52. The van der Waals surface area contributed by atoms with Gasteiger partial charge in [-0.1, -0.05) is 13.8 Å². The molecule has 0 radical (unpaired) electrons. The van der Waals surface area contributed by atoms with Crippen molar-refractivity contribution >= 4 is 5.91 Å². The third-order valence-corrected chi connectivity index (χ3v) is 4.39. The summed E-state index contributed by atoms with van der Waals surface area (Å²) in [6, 6.07) is 3.21. The lowest BCUT2D eigenvalue weighted by atomic mass is 9.83. The van der Waals surface area contributed by atoms with Crippen LogP contribution in [-0.4, -0.2) is 45.5 Å². The van der Waals surface area contributed by atoms with Crippen LogP contribution < -0.4 is 19.5 Å². The summed E-state index contributed by atoms with van der Waals surface area (Å²) in [6.07, 6.45) is 1.57. The van der Waals surface area contributed by atoms with Crippen molar-refractivity contribution in [3.05, 3.63) is 17.7 Å². The number of methoxy groups -OCH3 is 3. The Morgan fingerprint density at radius 2 is 1.61 bits per heavy atom. The van der Waals surface area contributed by atoms with E-state index < -0.39 is 0 Å². The van der Waals surface area contributed by atoms with Crippen LogP contribution >= 0.6 is 0 Å². The van der Waals surface area contributed by atoms with Crippen molar-refractivity contribution < 1.29 is 24.1 Å². The van der Waals surface area contributed by atoms with E-state index in [0.717, 1.165) is 12.8 Å². The molecule has 0 atom stereocenters. The first-order valence-corrected chi connectivity index (χ1v) is 7.69. The molecule has 0 bridgehead atoms. The van der Waals surface area contributed by atoms with Gasteiger partial charge in [-0.2, -0.15) is 0 Å². The Morgan fingerprint density at radius 1 is 1.09 bits per heavy atom. The molecule has 0 aliphatic heterocycles. The van der Waals surface area contributed by atoms with Gasteiger partial charge in [-0.05, 0) is 25.0 Å². The highest BCUT2D eigenvalue weighted by atomic mass is 16.5. The van der Waals surface area contributed by atoms with Gasteiger partial charge in [0, 0.05) is 17.5 Å². The van der Waals surface area contributed by atoms with E-state index in [4.69, 9.17) is 14.2 Å². The van der Waals surface area contributed by atoms with Crippen LogP contribution in [0.4, 0.5) is 0 Å². The topological polar surface area (TPSA) is 77.0 Å². The van der Waals surface area contributed by atoms with E-state index in [1.54, 1.807) is 12.1 Å². The Kier molecular flexibility index (Phi) is 7.16. The summed E-state index contributed by atoms with van der Waals surface area (Å²) < 4.78 is 15.8. The van der Waals surface area contributed by atoms with Crippen molar-refractivity contribution in [2.45, 2.75) is 26.7 Å². The van der Waals surface area contributed by atoms with Gasteiger partial charge in [0.2, 0.25) is 5.75 Å². The normalized spacial score (nSPS) is 11.0. The number of amides is 1. The summed E-state index contributed by atoms with van der Waals surface area (Å²) in [5.41, 5.74) is 0.120. The van der Waals surface area contributed by atoms with Gasteiger partial charge in [-0.15, -0.1) is 0 Å². The maximum Gasteiger partial charge on any atom is 0.251 e. The van der Waals surface area contributed by atoms with Gasteiger partial charge >= 0.3 is 0 Å². The Bertz CT molecular complexity index is 492. The largest absolute Gasteiger partial charge is 0.493 e. The number of aliphatic hydroxyl groups is 1. The molecule has 0 unspecified atom stereocenters. The molecule has 0 spiro atoms. The highest BCUT2D eigenvalue weighted by Crippen LogP contribution is 2.38. The van der Waals surface area contributed by atoms with Crippen LogP contribution in [0.2, 0.25) is 0 Å². The van der Waals surface area contributed by atoms with E-state index in [1.165, 1.54) is 21.3 Å². The highest BCUT2D eigenvalue weighted by Gasteiger charge is 2.26. The molecule has 6 heteroatoms. The van der Waals surface area contributed by atoms with Crippen molar-refractivity contribution in [3.63, 3.8) is 0 Å². The van der Waals surface area contributed by atoms with Crippen molar-refractivity contribution in [3.8, 4) is 17.2 Å². The fourth-order valence-corrected chi connectivity index (χ4v) is 2.36. The minimum atomic E-state index is -0.295. The van der Waals surface area contributed by atoms with Crippen molar-refractivity contribution in [1.29, 1.82) is 0 Å². The molecular formula is C17H27NO5. The highest BCUT2D eigenvalue weighted by molar-refractivity contribution is 5.95. The van der Waals surface area contributed by atoms with E-state index >= 15 is 0 Å². The molecule has 130 valence electrons. The van der Waals surface area contributed by atoms with Crippen molar-refractivity contribution in [1.82, 2.24) is 5.32 Å². The van der Waals surface area contributed by atoms with Crippen LogP contribution in [0.5, 0.6) is 17.2 Å². The first-order valence-electron chi connectivity index (χ1n) is 7.69. The quantitative estimate of drug-likeness (QED) is 0.728. The molecule has 0 aliphatic carbocycles.